The molecule has 0 aromatic heterocycles. The second-order valence-electron chi connectivity index (χ2n) is 4.19. The molecule has 1 heterocycles. The Morgan fingerprint density at radius 3 is 2.79 bits per heavy atom. The Hall–Kier alpha value is -1.24. The lowest BCUT2D eigenvalue weighted by Crippen LogP contribution is -2.07. The van der Waals surface area contributed by atoms with Crippen LogP contribution in [0.25, 0.3) is 6.08 Å². The van der Waals surface area contributed by atoms with Crippen molar-refractivity contribution in [1.82, 2.24) is 0 Å². The molecule has 1 heteroatoms. The van der Waals surface area contributed by atoms with E-state index < -0.39 is 0 Å². The fourth-order valence-electron chi connectivity index (χ4n) is 1.82. The van der Waals surface area contributed by atoms with Gasteiger partial charge in [-0.3, -0.25) is 0 Å². The highest BCUT2D eigenvalue weighted by molar-refractivity contribution is 5.65. The van der Waals surface area contributed by atoms with E-state index in [4.69, 9.17) is 4.74 Å². The first kappa shape index (κ1) is 9.32. The van der Waals surface area contributed by atoms with Crippen LogP contribution in [0.1, 0.15) is 37.8 Å². The molecule has 2 rings (SSSR count). The van der Waals surface area contributed by atoms with Gasteiger partial charge in [-0.2, -0.15) is 0 Å². The molecule has 1 aliphatic heterocycles. The lowest BCUT2D eigenvalue weighted by atomic mass is 9.94. The van der Waals surface area contributed by atoms with Crippen molar-refractivity contribution >= 4 is 6.08 Å². The molecule has 0 spiro atoms. The summed E-state index contributed by atoms with van der Waals surface area (Å²) in [4.78, 5) is 0. The average molecular weight is 188 g/mol. The van der Waals surface area contributed by atoms with Gasteiger partial charge >= 0.3 is 0 Å². The van der Waals surface area contributed by atoms with E-state index in [0.717, 1.165) is 12.4 Å². The van der Waals surface area contributed by atoms with Crippen molar-refractivity contribution in [2.75, 3.05) is 6.61 Å². The molecule has 14 heavy (non-hydrogen) atoms. The van der Waals surface area contributed by atoms with E-state index in [1.165, 1.54) is 16.7 Å². The summed E-state index contributed by atoms with van der Waals surface area (Å²) in [5.74, 6) is 1.58. The Morgan fingerprint density at radius 2 is 2.07 bits per heavy atom. The van der Waals surface area contributed by atoms with Crippen LogP contribution in [0.2, 0.25) is 0 Å². The van der Waals surface area contributed by atoms with E-state index in [0.29, 0.717) is 5.92 Å². The predicted octanol–water partition coefficient (Wildman–Crippen LogP) is 3.61. The van der Waals surface area contributed by atoms with E-state index in [-0.39, 0.29) is 0 Å². The van der Waals surface area contributed by atoms with Gasteiger partial charge in [-0.1, -0.05) is 26.0 Å². The largest absolute Gasteiger partial charge is 0.489 e. The fraction of sp³-hybridized carbons (Fsp3) is 0.385. The van der Waals surface area contributed by atoms with Crippen molar-refractivity contribution in [3.63, 3.8) is 0 Å². The van der Waals surface area contributed by atoms with Crippen molar-refractivity contribution in [2.24, 2.45) is 0 Å². The predicted molar refractivity (Wildman–Crippen MR) is 59.7 cm³/mol. The number of hydrogen-bond acceptors (Lipinski definition) is 1. The standard InChI is InChI=1S/C13H16O/c1-9(2)11-5-4-6-13-12(11)7-10(3)8-14-13/h4-7,9H,8H2,1-3H3. The summed E-state index contributed by atoms with van der Waals surface area (Å²) in [5, 5.41) is 0. The number of rotatable bonds is 1. The summed E-state index contributed by atoms with van der Waals surface area (Å²) in [5.41, 5.74) is 3.94. The fourth-order valence-corrected chi connectivity index (χ4v) is 1.82. The van der Waals surface area contributed by atoms with E-state index in [2.05, 4.69) is 39.0 Å². The minimum Gasteiger partial charge on any atom is -0.489 e. The third-order valence-corrected chi connectivity index (χ3v) is 2.57. The number of fused-ring (bicyclic) bond motifs is 1. The lowest BCUT2D eigenvalue weighted by molar-refractivity contribution is 0.347. The minimum absolute atomic E-state index is 0.552. The van der Waals surface area contributed by atoms with Crippen LogP contribution in [0, 0.1) is 0 Å². The minimum atomic E-state index is 0.552. The Morgan fingerprint density at radius 1 is 1.29 bits per heavy atom. The second kappa shape index (κ2) is 3.49. The normalized spacial score (nSPS) is 14.7. The van der Waals surface area contributed by atoms with Crippen LogP contribution in [-0.2, 0) is 0 Å². The van der Waals surface area contributed by atoms with Crippen LogP contribution in [0.5, 0.6) is 5.75 Å². The molecular weight excluding hydrogens is 172 g/mol. The number of benzene rings is 1. The maximum absolute atomic E-state index is 5.66. The quantitative estimate of drug-likeness (QED) is 0.654. The molecule has 0 saturated heterocycles. The summed E-state index contributed by atoms with van der Waals surface area (Å²) < 4.78 is 5.66. The second-order valence-corrected chi connectivity index (χ2v) is 4.19. The van der Waals surface area contributed by atoms with Gasteiger partial charge in [0.15, 0.2) is 0 Å². The van der Waals surface area contributed by atoms with Gasteiger partial charge in [0.25, 0.3) is 0 Å². The molecule has 1 aromatic rings. The average Bonchev–Trinajstić information content (AvgIpc) is 2.16. The van der Waals surface area contributed by atoms with Gasteiger partial charge in [0.05, 0.1) is 0 Å². The van der Waals surface area contributed by atoms with Gasteiger partial charge in [0, 0.05) is 5.56 Å². The molecule has 0 amide bonds. The highest BCUT2D eigenvalue weighted by Crippen LogP contribution is 2.32. The molecule has 0 unspecified atom stereocenters. The van der Waals surface area contributed by atoms with Crippen LogP contribution in [0.15, 0.2) is 23.8 Å². The van der Waals surface area contributed by atoms with E-state index in [9.17, 15) is 0 Å². The Kier molecular flexibility index (Phi) is 2.32. The smallest absolute Gasteiger partial charge is 0.127 e. The molecule has 0 radical (unpaired) electrons. The summed E-state index contributed by atoms with van der Waals surface area (Å²) in [6.07, 6.45) is 2.24. The molecule has 74 valence electrons. The molecule has 0 fully saturated rings. The van der Waals surface area contributed by atoms with E-state index in [1.807, 2.05) is 6.07 Å². The molecule has 1 nitrogen and oxygen atoms in total. The van der Waals surface area contributed by atoms with Crippen LogP contribution in [0.4, 0.5) is 0 Å². The molecule has 0 aliphatic carbocycles. The van der Waals surface area contributed by atoms with Gasteiger partial charge in [-0.25, -0.2) is 0 Å². The van der Waals surface area contributed by atoms with Crippen molar-refractivity contribution < 1.29 is 4.74 Å². The molecule has 0 bridgehead atoms. The monoisotopic (exact) mass is 188 g/mol. The third-order valence-electron chi connectivity index (χ3n) is 2.57. The van der Waals surface area contributed by atoms with Crippen molar-refractivity contribution in [2.45, 2.75) is 26.7 Å². The summed E-state index contributed by atoms with van der Waals surface area (Å²) >= 11 is 0. The summed E-state index contributed by atoms with van der Waals surface area (Å²) in [6, 6.07) is 6.30. The van der Waals surface area contributed by atoms with Crippen molar-refractivity contribution in [3.8, 4) is 5.75 Å². The van der Waals surface area contributed by atoms with Crippen LogP contribution in [0.3, 0.4) is 0 Å². The van der Waals surface area contributed by atoms with E-state index in [1.54, 1.807) is 0 Å². The molecule has 0 saturated carbocycles. The van der Waals surface area contributed by atoms with E-state index >= 15 is 0 Å². The lowest BCUT2D eigenvalue weighted by Gasteiger charge is -2.20. The van der Waals surface area contributed by atoms with Gasteiger partial charge < -0.3 is 4.74 Å². The molecular formula is C13H16O. The SMILES string of the molecule is CC1=Cc2c(cccc2C(C)C)OC1. The molecule has 0 atom stereocenters. The third kappa shape index (κ3) is 1.54. The Bertz CT molecular complexity index is 375. The zero-order valence-electron chi connectivity index (χ0n) is 9.00. The molecule has 1 aliphatic rings. The Balaban J connectivity index is 2.56. The molecule has 1 aromatic carbocycles. The van der Waals surface area contributed by atoms with Crippen molar-refractivity contribution in [1.29, 1.82) is 0 Å². The maximum atomic E-state index is 5.66. The van der Waals surface area contributed by atoms with Gasteiger partial charge in [0.1, 0.15) is 12.4 Å². The molecule has 0 N–H and O–H groups in total. The van der Waals surface area contributed by atoms with Crippen molar-refractivity contribution in [3.05, 3.63) is 34.9 Å². The first-order chi connectivity index (χ1) is 6.68. The summed E-state index contributed by atoms with van der Waals surface area (Å²) in [6.45, 7) is 7.27. The highest BCUT2D eigenvalue weighted by Gasteiger charge is 2.13. The van der Waals surface area contributed by atoms with Crippen LogP contribution < -0.4 is 4.74 Å². The first-order valence-electron chi connectivity index (χ1n) is 5.11. The zero-order valence-corrected chi connectivity index (χ0v) is 9.00. The van der Waals surface area contributed by atoms with Gasteiger partial charge in [0.2, 0.25) is 0 Å². The maximum Gasteiger partial charge on any atom is 0.127 e. The number of hydrogen-bond donors (Lipinski definition) is 0. The van der Waals surface area contributed by atoms with Gasteiger partial charge in [-0.05, 0) is 36.1 Å². The summed E-state index contributed by atoms with van der Waals surface area (Å²) in [7, 11) is 0. The first-order valence-corrected chi connectivity index (χ1v) is 5.11. The zero-order chi connectivity index (χ0) is 10.1. The Labute approximate surface area is 85.4 Å². The highest BCUT2D eigenvalue weighted by atomic mass is 16.5. The van der Waals surface area contributed by atoms with Crippen LogP contribution in [-0.4, -0.2) is 6.61 Å². The number of ether oxygens (including phenoxy) is 1. The van der Waals surface area contributed by atoms with Crippen LogP contribution >= 0.6 is 0 Å². The van der Waals surface area contributed by atoms with Gasteiger partial charge in [-0.15, -0.1) is 0 Å². The topological polar surface area (TPSA) is 9.23 Å².